The van der Waals surface area contributed by atoms with Crippen LogP contribution < -0.4 is 0 Å². The Labute approximate surface area is 133 Å². The third kappa shape index (κ3) is 2.96. The number of aryl methyl sites for hydroxylation is 1. The molecule has 110 valence electrons. The van der Waals surface area contributed by atoms with E-state index in [4.69, 9.17) is 0 Å². The molecule has 0 aromatic heterocycles. The first kappa shape index (κ1) is 14.6. The van der Waals surface area contributed by atoms with E-state index in [1.807, 2.05) is 6.07 Å². The number of fused-ring (bicyclic) bond motifs is 1. The third-order valence-electron chi connectivity index (χ3n) is 4.21. The smallest absolute Gasteiger partial charge is 0.0109 e. The van der Waals surface area contributed by atoms with Crippen LogP contribution in [-0.2, 0) is 0 Å². The predicted octanol–water partition coefficient (Wildman–Crippen LogP) is 6.39. The van der Waals surface area contributed by atoms with E-state index in [1.54, 1.807) is 0 Å². The molecule has 1 aromatic carbocycles. The molecule has 0 heterocycles. The first-order valence-corrected chi connectivity index (χ1v) is 7.91. The van der Waals surface area contributed by atoms with Crippen LogP contribution in [0, 0.1) is 6.92 Å². The lowest BCUT2D eigenvalue weighted by atomic mass is 10.0. The zero-order valence-electron chi connectivity index (χ0n) is 13.5. The van der Waals surface area contributed by atoms with Crippen molar-refractivity contribution in [1.82, 2.24) is 0 Å². The van der Waals surface area contributed by atoms with Crippen LogP contribution in [0.25, 0.3) is 23.3 Å². The van der Waals surface area contributed by atoms with Gasteiger partial charge in [0.15, 0.2) is 0 Å². The fraction of sp³-hybridized carbons (Fsp3) is 0.182. The van der Waals surface area contributed by atoms with Crippen LogP contribution in [0.2, 0.25) is 0 Å². The van der Waals surface area contributed by atoms with Gasteiger partial charge in [-0.15, -0.1) is 0 Å². The third-order valence-corrected chi connectivity index (χ3v) is 4.21. The van der Waals surface area contributed by atoms with Gasteiger partial charge in [-0.25, -0.2) is 0 Å². The van der Waals surface area contributed by atoms with Crippen molar-refractivity contribution >= 4 is 12.2 Å². The summed E-state index contributed by atoms with van der Waals surface area (Å²) in [6.45, 7) is 6.69. The maximum absolute atomic E-state index is 2.34. The maximum atomic E-state index is 2.34. The zero-order valence-corrected chi connectivity index (χ0v) is 13.5. The molecule has 1 aromatic rings. The fourth-order valence-electron chi connectivity index (χ4n) is 2.79. The highest BCUT2D eigenvalue weighted by Gasteiger charge is 2.10. The van der Waals surface area contributed by atoms with E-state index in [9.17, 15) is 0 Å². The first-order chi connectivity index (χ1) is 10.6. The summed E-state index contributed by atoms with van der Waals surface area (Å²) in [7, 11) is 0. The van der Waals surface area contributed by atoms with Crippen molar-refractivity contribution in [1.29, 1.82) is 0 Å². The van der Waals surface area contributed by atoms with E-state index in [0.717, 1.165) is 0 Å². The minimum absolute atomic E-state index is 0.538. The predicted molar refractivity (Wildman–Crippen MR) is 97.3 cm³/mol. The summed E-state index contributed by atoms with van der Waals surface area (Å²) >= 11 is 0. The summed E-state index contributed by atoms with van der Waals surface area (Å²) in [6, 6.07) is 21.8. The fourth-order valence-corrected chi connectivity index (χ4v) is 2.79. The van der Waals surface area contributed by atoms with E-state index >= 15 is 0 Å². The summed E-state index contributed by atoms with van der Waals surface area (Å²) in [6.07, 6.45) is 4.41. The molecule has 3 rings (SSSR count). The number of rotatable bonds is 3. The van der Waals surface area contributed by atoms with Crippen LogP contribution in [0.1, 0.15) is 42.0 Å². The molecule has 2 aliphatic rings. The van der Waals surface area contributed by atoms with Gasteiger partial charge in [0.1, 0.15) is 0 Å². The van der Waals surface area contributed by atoms with Crippen molar-refractivity contribution in [2.45, 2.75) is 26.7 Å². The molecule has 0 fully saturated rings. The molecule has 22 heavy (non-hydrogen) atoms. The van der Waals surface area contributed by atoms with Gasteiger partial charge in [0.25, 0.3) is 0 Å². The topological polar surface area (TPSA) is 0 Å². The molecule has 0 unspecified atom stereocenters. The van der Waals surface area contributed by atoms with Gasteiger partial charge in [-0.05, 0) is 46.2 Å². The van der Waals surface area contributed by atoms with Crippen molar-refractivity contribution in [3.05, 3.63) is 82.9 Å². The molecule has 0 amide bonds. The van der Waals surface area contributed by atoms with Crippen LogP contribution in [0.5, 0.6) is 0 Å². The molecule has 0 bridgehead atoms. The second-order valence-corrected chi connectivity index (χ2v) is 6.18. The maximum Gasteiger partial charge on any atom is -0.0109 e. The normalized spacial score (nSPS) is 11.6. The highest BCUT2D eigenvalue weighted by atomic mass is 14.1. The Morgan fingerprint density at radius 3 is 2.27 bits per heavy atom. The lowest BCUT2D eigenvalue weighted by Crippen LogP contribution is -1.83. The summed E-state index contributed by atoms with van der Waals surface area (Å²) in [5, 5.41) is 0. The van der Waals surface area contributed by atoms with E-state index in [-0.39, 0.29) is 0 Å². The van der Waals surface area contributed by atoms with Crippen LogP contribution in [0.4, 0.5) is 0 Å². The van der Waals surface area contributed by atoms with E-state index in [0.29, 0.717) is 5.92 Å². The largest absolute Gasteiger partial charge is 0.0622 e. The Hall–Kier alpha value is -2.34. The average Bonchev–Trinajstić information content (AvgIpc) is 2.78. The molecule has 0 nitrogen and oxygen atoms in total. The molecule has 0 aliphatic heterocycles. The zero-order chi connectivity index (χ0) is 15.5. The quantitative estimate of drug-likeness (QED) is 0.523. The summed E-state index contributed by atoms with van der Waals surface area (Å²) in [5.41, 5.74) is 7.94. The summed E-state index contributed by atoms with van der Waals surface area (Å²) in [5.74, 6) is 0.538. The molecular weight excluding hydrogens is 264 g/mol. The average molecular weight is 286 g/mol. The van der Waals surface area contributed by atoms with Crippen LogP contribution in [0.3, 0.4) is 0 Å². The minimum atomic E-state index is 0.538. The van der Waals surface area contributed by atoms with E-state index < -0.39 is 0 Å². The highest BCUT2D eigenvalue weighted by molar-refractivity contribution is 5.83. The molecule has 0 spiro atoms. The SMILES string of the molecule is Cc1ccc2c(/C=C/c3ccccc3)ccc(C(C)C)cc1-2. The number of hydrogen-bond acceptors (Lipinski definition) is 0. The van der Waals surface area contributed by atoms with Gasteiger partial charge >= 0.3 is 0 Å². The van der Waals surface area contributed by atoms with Crippen molar-refractivity contribution < 1.29 is 0 Å². The minimum Gasteiger partial charge on any atom is -0.0622 e. The second-order valence-electron chi connectivity index (χ2n) is 6.18. The molecule has 0 saturated heterocycles. The van der Waals surface area contributed by atoms with Crippen molar-refractivity contribution in [3.63, 3.8) is 0 Å². The van der Waals surface area contributed by atoms with Gasteiger partial charge in [-0.1, -0.05) is 86.7 Å². The Morgan fingerprint density at radius 2 is 1.55 bits per heavy atom. The van der Waals surface area contributed by atoms with Crippen molar-refractivity contribution in [3.8, 4) is 11.1 Å². The van der Waals surface area contributed by atoms with Gasteiger partial charge in [0.05, 0.1) is 0 Å². The molecule has 0 N–H and O–H groups in total. The standard InChI is InChI=1S/C22H22/c1-16(2)20-13-12-19(11-10-18-7-5-4-6-8-18)21-14-9-17(3)22(21)15-20/h4-16H,1-3H3/b11-10+. The lowest BCUT2D eigenvalue weighted by Gasteiger charge is -2.03. The molecule has 0 saturated carbocycles. The van der Waals surface area contributed by atoms with Crippen LogP contribution in [-0.4, -0.2) is 0 Å². The van der Waals surface area contributed by atoms with Gasteiger partial charge in [-0.2, -0.15) is 0 Å². The first-order valence-electron chi connectivity index (χ1n) is 7.91. The van der Waals surface area contributed by atoms with Crippen molar-refractivity contribution in [2.75, 3.05) is 0 Å². The van der Waals surface area contributed by atoms with Gasteiger partial charge < -0.3 is 0 Å². The summed E-state index contributed by atoms with van der Waals surface area (Å²) < 4.78 is 0. The second kappa shape index (κ2) is 6.19. The van der Waals surface area contributed by atoms with Crippen LogP contribution in [0.15, 0.2) is 60.7 Å². The molecular formula is C22H22. The lowest BCUT2D eigenvalue weighted by molar-refractivity contribution is 0.869. The van der Waals surface area contributed by atoms with E-state index in [1.165, 1.54) is 33.4 Å². The van der Waals surface area contributed by atoms with Gasteiger partial charge in [0.2, 0.25) is 0 Å². The Balaban J connectivity index is 2.08. The monoisotopic (exact) mass is 286 g/mol. The van der Waals surface area contributed by atoms with Gasteiger partial charge in [0, 0.05) is 0 Å². The van der Waals surface area contributed by atoms with Crippen LogP contribution >= 0.6 is 0 Å². The Bertz CT molecular complexity index is 763. The van der Waals surface area contributed by atoms with Gasteiger partial charge in [-0.3, -0.25) is 0 Å². The Morgan fingerprint density at radius 1 is 0.773 bits per heavy atom. The molecule has 0 radical (unpaired) electrons. The highest BCUT2D eigenvalue weighted by Crippen LogP contribution is 2.33. The number of benzene rings is 1. The number of hydrogen-bond donors (Lipinski definition) is 0. The molecule has 0 heteroatoms. The molecule has 0 atom stereocenters. The van der Waals surface area contributed by atoms with E-state index in [2.05, 4.69) is 87.5 Å². The summed E-state index contributed by atoms with van der Waals surface area (Å²) in [4.78, 5) is 0. The van der Waals surface area contributed by atoms with Crippen molar-refractivity contribution in [2.24, 2.45) is 0 Å². The molecule has 2 aliphatic carbocycles. The Kier molecular flexibility index (Phi) is 4.11.